The standard InChI is InChI=1S/C14H22N4O2/c1-15-7-3-11-5-9-18(10-6-11)12-4-8-16-13(17-12)14(19)20-2/h4,8,11,15H,3,5-7,9-10H2,1-2H3. The lowest BCUT2D eigenvalue weighted by atomic mass is 9.93. The molecule has 1 saturated heterocycles. The van der Waals surface area contributed by atoms with Gasteiger partial charge in [-0.05, 0) is 44.8 Å². The molecule has 1 N–H and O–H groups in total. The molecule has 0 atom stereocenters. The van der Waals surface area contributed by atoms with Gasteiger partial charge in [0.1, 0.15) is 5.82 Å². The van der Waals surface area contributed by atoms with E-state index in [1.807, 2.05) is 13.1 Å². The maximum Gasteiger partial charge on any atom is 0.376 e. The first-order chi connectivity index (χ1) is 9.74. The Morgan fingerprint density at radius 2 is 2.25 bits per heavy atom. The quantitative estimate of drug-likeness (QED) is 0.813. The van der Waals surface area contributed by atoms with Gasteiger partial charge in [0.2, 0.25) is 5.82 Å². The van der Waals surface area contributed by atoms with Crippen molar-refractivity contribution in [3.05, 3.63) is 18.1 Å². The highest BCUT2D eigenvalue weighted by atomic mass is 16.5. The van der Waals surface area contributed by atoms with Crippen LogP contribution in [0.25, 0.3) is 0 Å². The van der Waals surface area contributed by atoms with E-state index in [2.05, 4.69) is 24.9 Å². The first kappa shape index (κ1) is 14.7. The highest BCUT2D eigenvalue weighted by Crippen LogP contribution is 2.23. The number of piperidine rings is 1. The monoisotopic (exact) mass is 278 g/mol. The van der Waals surface area contributed by atoms with Crippen molar-refractivity contribution in [2.24, 2.45) is 5.92 Å². The number of carbonyl (C=O) groups excluding carboxylic acids is 1. The fraction of sp³-hybridized carbons (Fsp3) is 0.643. The van der Waals surface area contributed by atoms with E-state index in [0.717, 1.165) is 31.4 Å². The van der Waals surface area contributed by atoms with Gasteiger partial charge < -0.3 is 15.0 Å². The molecule has 1 aliphatic heterocycles. The molecule has 1 aromatic heterocycles. The molecule has 20 heavy (non-hydrogen) atoms. The molecule has 1 aliphatic rings. The first-order valence-corrected chi connectivity index (χ1v) is 7.05. The molecule has 1 aromatic rings. The number of esters is 1. The minimum absolute atomic E-state index is 0.127. The summed E-state index contributed by atoms with van der Waals surface area (Å²) in [6, 6.07) is 1.85. The lowest BCUT2D eigenvalue weighted by Crippen LogP contribution is -2.35. The van der Waals surface area contributed by atoms with Gasteiger partial charge in [-0.15, -0.1) is 0 Å². The second-order valence-corrected chi connectivity index (χ2v) is 5.05. The molecule has 0 unspecified atom stereocenters. The van der Waals surface area contributed by atoms with Crippen molar-refractivity contribution in [3.8, 4) is 0 Å². The normalized spacial score (nSPS) is 16.2. The van der Waals surface area contributed by atoms with Crippen LogP contribution in [0.2, 0.25) is 0 Å². The van der Waals surface area contributed by atoms with Crippen molar-refractivity contribution >= 4 is 11.8 Å². The molecule has 1 fully saturated rings. The zero-order valence-electron chi connectivity index (χ0n) is 12.1. The van der Waals surface area contributed by atoms with Crippen LogP contribution < -0.4 is 10.2 Å². The second kappa shape index (κ2) is 7.19. The number of methoxy groups -OCH3 is 1. The van der Waals surface area contributed by atoms with E-state index in [1.165, 1.54) is 26.4 Å². The third-order valence-corrected chi connectivity index (χ3v) is 3.75. The van der Waals surface area contributed by atoms with Gasteiger partial charge >= 0.3 is 5.97 Å². The summed E-state index contributed by atoms with van der Waals surface area (Å²) < 4.78 is 4.65. The summed E-state index contributed by atoms with van der Waals surface area (Å²) in [7, 11) is 3.33. The second-order valence-electron chi connectivity index (χ2n) is 5.05. The number of nitrogens with zero attached hydrogens (tertiary/aromatic N) is 3. The smallest absolute Gasteiger partial charge is 0.376 e. The maximum atomic E-state index is 11.4. The Labute approximate surface area is 119 Å². The van der Waals surface area contributed by atoms with E-state index in [9.17, 15) is 4.79 Å². The van der Waals surface area contributed by atoms with Crippen LogP contribution in [0, 0.1) is 5.92 Å². The average Bonchev–Trinajstić information content (AvgIpc) is 2.52. The molecule has 0 bridgehead atoms. The zero-order valence-corrected chi connectivity index (χ0v) is 12.1. The van der Waals surface area contributed by atoms with Gasteiger partial charge in [-0.25, -0.2) is 14.8 Å². The number of rotatable bonds is 5. The van der Waals surface area contributed by atoms with E-state index in [1.54, 1.807) is 6.20 Å². The van der Waals surface area contributed by atoms with Crippen molar-refractivity contribution in [2.45, 2.75) is 19.3 Å². The number of ether oxygens (including phenoxy) is 1. The Morgan fingerprint density at radius 1 is 1.50 bits per heavy atom. The summed E-state index contributed by atoms with van der Waals surface area (Å²) >= 11 is 0. The Balaban J connectivity index is 1.95. The molecule has 110 valence electrons. The molecular formula is C14H22N4O2. The minimum Gasteiger partial charge on any atom is -0.463 e. The SMILES string of the molecule is CNCCC1CCN(c2ccnc(C(=O)OC)n2)CC1. The van der Waals surface area contributed by atoms with Gasteiger partial charge in [-0.3, -0.25) is 0 Å². The molecular weight excluding hydrogens is 256 g/mol. The molecule has 0 spiro atoms. The van der Waals surface area contributed by atoms with E-state index >= 15 is 0 Å². The Morgan fingerprint density at radius 3 is 2.90 bits per heavy atom. The summed E-state index contributed by atoms with van der Waals surface area (Å²) in [4.78, 5) is 21.9. The largest absolute Gasteiger partial charge is 0.463 e. The predicted octanol–water partition coefficient (Wildman–Crippen LogP) is 1.09. The highest BCUT2D eigenvalue weighted by molar-refractivity contribution is 5.85. The molecule has 0 saturated carbocycles. The van der Waals surface area contributed by atoms with Gasteiger partial charge in [0.25, 0.3) is 0 Å². The van der Waals surface area contributed by atoms with Gasteiger partial charge in [0.05, 0.1) is 7.11 Å². The lowest BCUT2D eigenvalue weighted by Gasteiger charge is -2.32. The number of aromatic nitrogens is 2. The minimum atomic E-state index is -0.490. The summed E-state index contributed by atoms with van der Waals surface area (Å²) in [6.45, 7) is 3.03. The van der Waals surface area contributed by atoms with Crippen molar-refractivity contribution in [3.63, 3.8) is 0 Å². The van der Waals surface area contributed by atoms with E-state index in [-0.39, 0.29) is 5.82 Å². The number of hydrogen-bond donors (Lipinski definition) is 1. The number of carbonyl (C=O) groups is 1. The molecule has 6 heteroatoms. The van der Waals surface area contributed by atoms with Crippen LogP contribution in [0.1, 0.15) is 29.9 Å². The van der Waals surface area contributed by atoms with Crippen LogP contribution in [-0.4, -0.2) is 49.7 Å². The third-order valence-electron chi connectivity index (χ3n) is 3.75. The molecule has 0 radical (unpaired) electrons. The lowest BCUT2D eigenvalue weighted by molar-refractivity contribution is 0.0586. The summed E-state index contributed by atoms with van der Waals surface area (Å²) in [5, 5.41) is 3.20. The van der Waals surface area contributed by atoms with E-state index < -0.39 is 5.97 Å². The van der Waals surface area contributed by atoms with Crippen LogP contribution >= 0.6 is 0 Å². The maximum absolute atomic E-state index is 11.4. The van der Waals surface area contributed by atoms with Gasteiger partial charge in [-0.2, -0.15) is 0 Å². The first-order valence-electron chi connectivity index (χ1n) is 7.05. The van der Waals surface area contributed by atoms with E-state index in [4.69, 9.17) is 0 Å². The van der Waals surface area contributed by atoms with Gasteiger partial charge in [0, 0.05) is 19.3 Å². The zero-order chi connectivity index (χ0) is 14.4. The summed E-state index contributed by atoms with van der Waals surface area (Å²) in [5.74, 6) is 1.23. The van der Waals surface area contributed by atoms with Crippen LogP contribution in [0.15, 0.2) is 12.3 Å². The fourth-order valence-electron chi connectivity index (χ4n) is 2.51. The summed E-state index contributed by atoms with van der Waals surface area (Å²) in [5.41, 5.74) is 0. The molecule has 0 aliphatic carbocycles. The van der Waals surface area contributed by atoms with Gasteiger partial charge in [0.15, 0.2) is 0 Å². The topological polar surface area (TPSA) is 67.4 Å². The number of anilines is 1. The van der Waals surface area contributed by atoms with Crippen molar-refractivity contribution < 1.29 is 9.53 Å². The Hall–Kier alpha value is -1.69. The molecule has 6 nitrogen and oxygen atoms in total. The third kappa shape index (κ3) is 3.66. The number of hydrogen-bond acceptors (Lipinski definition) is 6. The van der Waals surface area contributed by atoms with Crippen LogP contribution in [0.3, 0.4) is 0 Å². The molecule has 2 heterocycles. The molecule has 0 amide bonds. The van der Waals surface area contributed by atoms with Crippen LogP contribution in [-0.2, 0) is 4.74 Å². The van der Waals surface area contributed by atoms with Crippen molar-refractivity contribution in [1.29, 1.82) is 0 Å². The molecule has 2 rings (SSSR count). The van der Waals surface area contributed by atoms with Crippen LogP contribution in [0.4, 0.5) is 5.82 Å². The van der Waals surface area contributed by atoms with Crippen molar-refractivity contribution in [2.75, 3.05) is 38.7 Å². The summed E-state index contributed by atoms with van der Waals surface area (Å²) in [6.07, 6.45) is 5.17. The Kier molecular flexibility index (Phi) is 5.29. The fourth-order valence-corrected chi connectivity index (χ4v) is 2.51. The number of nitrogens with one attached hydrogen (secondary N) is 1. The predicted molar refractivity (Wildman–Crippen MR) is 76.9 cm³/mol. The van der Waals surface area contributed by atoms with E-state index in [0.29, 0.717) is 0 Å². The Bertz CT molecular complexity index is 445. The molecule has 0 aromatic carbocycles. The van der Waals surface area contributed by atoms with Gasteiger partial charge in [-0.1, -0.05) is 0 Å². The van der Waals surface area contributed by atoms with Crippen LogP contribution in [0.5, 0.6) is 0 Å². The average molecular weight is 278 g/mol. The van der Waals surface area contributed by atoms with Crippen molar-refractivity contribution in [1.82, 2.24) is 15.3 Å². The highest BCUT2D eigenvalue weighted by Gasteiger charge is 2.20.